The molecule has 1 heterocycles. The van der Waals surface area contributed by atoms with E-state index in [1.165, 1.54) is 6.07 Å². The number of carbonyl (C=O) groups excluding carboxylic acids is 1. The molecule has 6 nitrogen and oxygen atoms in total. The minimum Gasteiger partial charge on any atom is -0.320 e. The van der Waals surface area contributed by atoms with Crippen molar-refractivity contribution >= 4 is 28.0 Å². The number of aldehydes is 1. The van der Waals surface area contributed by atoms with Gasteiger partial charge in [0.25, 0.3) is 10.1 Å². The summed E-state index contributed by atoms with van der Waals surface area (Å²) in [6.07, 6.45) is 3.38. The number of halogens is 1. The summed E-state index contributed by atoms with van der Waals surface area (Å²) in [7, 11) is -4.33. The number of rotatable bonds is 8. The molecule has 0 radical (unpaired) electrons. The lowest BCUT2D eigenvalue weighted by molar-refractivity contribution is 0.111. The Hall–Kier alpha value is -2.48. The van der Waals surface area contributed by atoms with Crippen molar-refractivity contribution in [2.24, 2.45) is 0 Å². The number of carbonyl (C=O) groups is 1. The molecular weight excluding hydrogens is 412 g/mol. The van der Waals surface area contributed by atoms with Gasteiger partial charge in [0.2, 0.25) is 0 Å². The highest BCUT2D eigenvalue weighted by molar-refractivity contribution is 7.86. The molecule has 29 heavy (non-hydrogen) atoms. The normalized spacial score (nSPS) is 11.6. The fourth-order valence-electron chi connectivity index (χ4n) is 3.20. The summed E-state index contributed by atoms with van der Waals surface area (Å²) in [5.74, 6) is 0.764. The van der Waals surface area contributed by atoms with E-state index >= 15 is 0 Å². The fraction of sp³-hybridized carbons (Fsp3) is 0.238. The van der Waals surface area contributed by atoms with Crippen LogP contribution in [0.4, 0.5) is 0 Å². The first kappa shape index (κ1) is 21.2. The molecule has 0 amide bonds. The Morgan fingerprint density at radius 2 is 1.83 bits per heavy atom. The van der Waals surface area contributed by atoms with Gasteiger partial charge < -0.3 is 4.57 Å². The van der Waals surface area contributed by atoms with Gasteiger partial charge >= 0.3 is 0 Å². The van der Waals surface area contributed by atoms with Crippen LogP contribution in [0.1, 0.15) is 41.6 Å². The number of aromatic nitrogens is 2. The highest BCUT2D eigenvalue weighted by Crippen LogP contribution is 2.28. The Bertz CT molecular complexity index is 1120. The maximum Gasteiger partial charge on any atom is 0.295 e. The van der Waals surface area contributed by atoms with Gasteiger partial charge in [-0.3, -0.25) is 9.35 Å². The second-order valence-electron chi connectivity index (χ2n) is 6.68. The summed E-state index contributed by atoms with van der Waals surface area (Å²) in [6, 6.07) is 13.5. The smallest absolute Gasteiger partial charge is 0.295 e. The van der Waals surface area contributed by atoms with Crippen LogP contribution in [0.2, 0.25) is 5.15 Å². The lowest BCUT2D eigenvalue weighted by Crippen LogP contribution is -2.08. The highest BCUT2D eigenvalue weighted by atomic mass is 35.5. The molecule has 0 atom stereocenters. The fourth-order valence-corrected chi connectivity index (χ4v) is 4.16. The Labute approximate surface area is 174 Å². The van der Waals surface area contributed by atoms with E-state index in [2.05, 4.69) is 11.9 Å². The Kier molecular flexibility index (Phi) is 6.52. The molecule has 3 rings (SSSR count). The van der Waals surface area contributed by atoms with Crippen LogP contribution in [-0.4, -0.2) is 28.8 Å². The largest absolute Gasteiger partial charge is 0.320 e. The summed E-state index contributed by atoms with van der Waals surface area (Å²) in [5, 5.41) is 0.199. The van der Waals surface area contributed by atoms with Gasteiger partial charge in [0.05, 0.1) is 0 Å². The predicted octanol–water partition coefficient (Wildman–Crippen LogP) is 4.65. The van der Waals surface area contributed by atoms with Crippen molar-refractivity contribution in [3.63, 3.8) is 0 Å². The van der Waals surface area contributed by atoms with Crippen LogP contribution >= 0.6 is 11.6 Å². The van der Waals surface area contributed by atoms with Crippen molar-refractivity contribution in [3.8, 4) is 11.1 Å². The van der Waals surface area contributed by atoms with E-state index in [-0.39, 0.29) is 10.0 Å². The van der Waals surface area contributed by atoms with Gasteiger partial charge in [-0.15, -0.1) is 0 Å². The van der Waals surface area contributed by atoms with Crippen molar-refractivity contribution in [1.82, 2.24) is 9.55 Å². The van der Waals surface area contributed by atoms with Crippen LogP contribution in [0.25, 0.3) is 11.1 Å². The Morgan fingerprint density at radius 3 is 2.45 bits per heavy atom. The number of imidazole rings is 1. The molecule has 0 aliphatic rings. The maximum atomic E-state index is 11.6. The van der Waals surface area contributed by atoms with Crippen molar-refractivity contribution in [2.45, 2.75) is 37.6 Å². The van der Waals surface area contributed by atoms with Crippen LogP contribution in [0, 0.1) is 0 Å². The molecule has 3 aromatic rings. The molecule has 0 aliphatic heterocycles. The van der Waals surface area contributed by atoms with Crippen molar-refractivity contribution in [3.05, 3.63) is 70.8 Å². The van der Waals surface area contributed by atoms with E-state index in [4.69, 9.17) is 11.6 Å². The summed E-state index contributed by atoms with van der Waals surface area (Å²) in [6.45, 7) is 2.51. The van der Waals surface area contributed by atoms with E-state index < -0.39 is 10.1 Å². The predicted molar refractivity (Wildman–Crippen MR) is 112 cm³/mol. The number of unbranched alkanes of at least 4 members (excludes halogenated alkanes) is 1. The maximum absolute atomic E-state index is 11.6. The van der Waals surface area contributed by atoms with Crippen LogP contribution in [0.3, 0.4) is 0 Å². The number of nitrogens with zero attached hydrogens (tertiary/aromatic N) is 2. The van der Waals surface area contributed by atoms with Crippen LogP contribution < -0.4 is 0 Å². The molecule has 0 saturated heterocycles. The van der Waals surface area contributed by atoms with Gasteiger partial charge in [-0.25, -0.2) is 4.98 Å². The lowest BCUT2D eigenvalue weighted by Gasteiger charge is -2.11. The standard InChI is InChI=1S/C21H21ClN2O4S/c1-2-3-8-20-23-21(22)18(14-25)24(20)13-15-9-11-16(12-10-15)17-6-4-5-7-19(17)29(26,27)28/h4-7,9-12,14H,2-3,8,13H2,1H3,(H,26,27,28). The first-order valence-electron chi connectivity index (χ1n) is 9.21. The molecule has 0 spiro atoms. The molecular formula is C21H21ClN2O4S. The van der Waals surface area contributed by atoms with Gasteiger partial charge in [-0.05, 0) is 23.6 Å². The molecule has 0 fully saturated rings. The number of hydrogen-bond donors (Lipinski definition) is 1. The average molecular weight is 433 g/mol. The second-order valence-corrected chi connectivity index (χ2v) is 8.43. The van der Waals surface area contributed by atoms with Crippen molar-refractivity contribution in [2.75, 3.05) is 0 Å². The molecule has 0 bridgehead atoms. The Morgan fingerprint density at radius 1 is 1.14 bits per heavy atom. The van der Waals surface area contributed by atoms with Gasteiger partial charge in [0.1, 0.15) is 16.4 Å². The number of benzene rings is 2. The third-order valence-corrected chi connectivity index (χ3v) is 5.87. The van der Waals surface area contributed by atoms with Crippen molar-refractivity contribution in [1.29, 1.82) is 0 Å². The van der Waals surface area contributed by atoms with Gasteiger partial charge in [0, 0.05) is 18.5 Å². The van der Waals surface area contributed by atoms with Crippen LogP contribution in [0.15, 0.2) is 53.4 Å². The van der Waals surface area contributed by atoms with Crippen LogP contribution in [-0.2, 0) is 23.1 Å². The third kappa shape index (κ3) is 4.75. The minimum absolute atomic E-state index is 0.140. The summed E-state index contributed by atoms with van der Waals surface area (Å²) in [5.41, 5.74) is 2.34. The van der Waals surface area contributed by atoms with E-state index in [1.54, 1.807) is 30.3 Å². The minimum atomic E-state index is -4.33. The monoisotopic (exact) mass is 432 g/mol. The molecule has 8 heteroatoms. The molecule has 0 aliphatic carbocycles. The quantitative estimate of drug-likeness (QED) is 0.413. The van der Waals surface area contributed by atoms with E-state index in [0.717, 1.165) is 30.7 Å². The third-order valence-electron chi connectivity index (χ3n) is 4.68. The second kappa shape index (κ2) is 8.90. The van der Waals surface area contributed by atoms with E-state index in [9.17, 15) is 17.8 Å². The van der Waals surface area contributed by atoms with Gasteiger partial charge in [-0.2, -0.15) is 8.42 Å². The Balaban J connectivity index is 1.93. The summed E-state index contributed by atoms with van der Waals surface area (Å²) < 4.78 is 34.5. The lowest BCUT2D eigenvalue weighted by atomic mass is 10.0. The first-order chi connectivity index (χ1) is 13.8. The molecule has 152 valence electrons. The van der Waals surface area contributed by atoms with Gasteiger partial charge in [-0.1, -0.05) is 67.4 Å². The highest BCUT2D eigenvalue weighted by Gasteiger charge is 2.17. The summed E-state index contributed by atoms with van der Waals surface area (Å²) in [4.78, 5) is 15.7. The molecule has 2 aromatic carbocycles. The first-order valence-corrected chi connectivity index (χ1v) is 11.0. The number of hydrogen-bond acceptors (Lipinski definition) is 4. The molecule has 0 unspecified atom stereocenters. The zero-order valence-electron chi connectivity index (χ0n) is 15.9. The molecule has 1 aromatic heterocycles. The molecule has 0 saturated carbocycles. The zero-order valence-corrected chi connectivity index (χ0v) is 17.4. The van der Waals surface area contributed by atoms with Crippen molar-refractivity contribution < 1.29 is 17.8 Å². The molecule has 1 N–H and O–H groups in total. The topological polar surface area (TPSA) is 89.3 Å². The number of aryl methyl sites for hydroxylation is 1. The van der Waals surface area contributed by atoms with Crippen LogP contribution in [0.5, 0.6) is 0 Å². The van der Waals surface area contributed by atoms with E-state index in [0.29, 0.717) is 29.7 Å². The zero-order chi connectivity index (χ0) is 21.0. The summed E-state index contributed by atoms with van der Waals surface area (Å²) >= 11 is 6.12. The SMILES string of the molecule is CCCCc1nc(Cl)c(C=O)n1Cc1ccc(-c2ccccc2S(=O)(=O)O)cc1. The average Bonchev–Trinajstić information content (AvgIpc) is 3.00. The van der Waals surface area contributed by atoms with E-state index in [1.807, 2.05) is 16.7 Å². The van der Waals surface area contributed by atoms with Gasteiger partial charge in [0.15, 0.2) is 11.4 Å².